The highest BCUT2D eigenvalue weighted by molar-refractivity contribution is 6.02. The zero-order chi connectivity index (χ0) is 25.9. The molecule has 1 aromatic heterocycles. The van der Waals surface area contributed by atoms with E-state index in [4.69, 9.17) is 14.2 Å². The minimum Gasteiger partial charge on any atom is -0.459 e. The first-order chi connectivity index (χ1) is 17.9. The van der Waals surface area contributed by atoms with Crippen LogP contribution in [-0.4, -0.2) is 59.0 Å². The monoisotopic (exact) mass is 502 g/mol. The van der Waals surface area contributed by atoms with E-state index in [1.165, 1.54) is 12.7 Å². The molecule has 0 aliphatic carbocycles. The van der Waals surface area contributed by atoms with Crippen molar-refractivity contribution in [3.8, 4) is 0 Å². The summed E-state index contributed by atoms with van der Waals surface area (Å²) < 4.78 is 19.2. The lowest BCUT2D eigenvalue weighted by Crippen LogP contribution is -2.32. The van der Waals surface area contributed by atoms with Crippen molar-refractivity contribution < 1.29 is 28.6 Å². The molecule has 10 nitrogen and oxygen atoms in total. The molecular weight excluding hydrogens is 476 g/mol. The second kappa shape index (κ2) is 10.4. The number of esters is 2. The Bertz CT molecular complexity index is 1350. The Hall–Kier alpha value is -4.31. The molecule has 0 spiro atoms. The van der Waals surface area contributed by atoms with Crippen molar-refractivity contribution >= 4 is 29.9 Å². The number of nitrogens with one attached hydrogen (secondary N) is 1. The van der Waals surface area contributed by atoms with Crippen LogP contribution in [0, 0.1) is 13.8 Å². The van der Waals surface area contributed by atoms with Crippen LogP contribution in [0.15, 0.2) is 59.9 Å². The largest absolute Gasteiger partial charge is 0.459 e. The van der Waals surface area contributed by atoms with Gasteiger partial charge < -0.3 is 19.5 Å². The maximum absolute atomic E-state index is 12.9. The Balaban J connectivity index is 1.35. The third-order valence-corrected chi connectivity index (χ3v) is 6.27. The van der Waals surface area contributed by atoms with E-state index in [9.17, 15) is 14.4 Å². The Morgan fingerprint density at radius 2 is 1.68 bits per heavy atom. The summed E-state index contributed by atoms with van der Waals surface area (Å²) in [6, 6.07) is 14.1. The Kier molecular flexibility index (Phi) is 6.82. The molecule has 37 heavy (non-hydrogen) atoms. The fraction of sp³-hybridized carbons (Fsp3) is 0.296. The third-order valence-electron chi connectivity index (χ3n) is 6.27. The molecule has 10 heteroatoms. The van der Waals surface area contributed by atoms with Crippen molar-refractivity contribution in [2.75, 3.05) is 13.2 Å². The Morgan fingerprint density at radius 3 is 2.35 bits per heavy atom. The van der Waals surface area contributed by atoms with Crippen LogP contribution in [0.25, 0.3) is 0 Å². The molecule has 2 aliphatic heterocycles. The number of fused-ring (bicyclic) bond motifs is 1. The molecule has 1 fully saturated rings. The summed E-state index contributed by atoms with van der Waals surface area (Å²) in [7, 11) is 0. The number of aryl methyl sites for hydroxylation is 2. The highest BCUT2D eigenvalue weighted by Gasteiger charge is 2.41. The predicted octanol–water partition coefficient (Wildman–Crippen LogP) is 3.32. The average Bonchev–Trinajstić information content (AvgIpc) is 3.44. The standard InChI is InChI=1S/C27H26N4O6/c1-16-3-7-18(8-4-16)26(33)35-13-22-21(37-27(34)19-9-5-17(2)6-10-19)11-23(36-22)31-15-30-24-20(32)12-28-14-29-25(24)31/h3-10,14-15,21-23H,11-13H2,1-2H3,(H,28,29)/t21-,22+,23-/m0/s1. The normalized spacial score (nSPS) is 20.6. The molecule has 0 bridgehead atoms. The number of nitrogens with zero attached hydrogens (tertiary/aromatic N) is 3. The molecule has 0 amide bonds. The number of benzene rings is 2. The summed E-state index contributed by atoms with van der Waals surface area (Å²) in [6.45, 7) is 3.82. The second-order valence-corrected chi connectivity index (χ2v) is 9.03. The summed E-state index contributed by atoms with van der Waals surface area (Å²) in [4.78, 5) is 46.3. The van der Waals surface area contributed by atoms with Gasteiger partial charge in [-0.15, -0.1) is 0 Å². The van der Waals surface area contributed by atoms with Gasteiger partial charge in [-0.3, -0.25) is 9.36 Å². The van der Waals surface area contributed by atoms with E-state index in [-0.39, 0.29) is 31.0 Å². The summed E-state index contributed by atoms with van der Waals surface area (Å²) in [5.41, 5.74) is 3.09. The van der Waals surface area contributed by atoms with Gasteiger partial charge in [0.05, 0.1) is 30.3 Å². The quantitative estimate of drug-likeness (QED) is 0.510. The lowest BCUT2D eigenvalue weighted by Gasteiger charge is -2.19. The van der Waals surface area contributed by atoms with Gasteiger partial charge in [0.15, 0.2) is 11.5 Å². The van der Waals surface area contributed by atoms with Gasteiger partial charge in [0.2, 0.25) is 5.78 Å². The predicted molar refractivity (Wildman–Crippen MR) is 133 cm³/mol. The van der Waals surface area contributed by atoms with Gasteiger partial charge >= 0.3 is 11.9 Å². The number of ether oxygens (including phenoxy) is 3. The van der Waals surface area contributed by atoms with Crippen molar-refractivity contribution in [3.63, 3.8) is 0 Å². The summed E-state index contributed by atoms with van der Waals surface area (Å²) in [5.74, 6) is -0.865. The minimum absolute atomic E-state index is 0.0907. The number of carbonyl (C=O) groups excluding carboxylic acids is 3. The maximum Gasteiger partial charge on any atom is 0.338 e. The van der Waals surface area contributed by atoms with Crippen molar-refractivity contribution in [1.82, 2.24) is 14.9 Å². The van der Waals surface area contributed by atoms with Gasteiger partial charge in [0.25, 0.3) is 0 Å². The van der Waals surface area contributed by atoms with E-state index in [0.717, 1.165) is 11.1 Å². The molecule has 3 aromatic rings. The number of aromatic nitrogens is 2. The van der Waals surface area contributed by atoms with E-state index < -0.39 is 30.4 Å². The zero-order valence-corrected chi connectivity index (χ0v) is 20.4. The minimum atomic E-state index is -0.740. The molecule has 0 radical (unpaired) electrons. The first kappa shape index (κ1) is 24.4. The summed E-state index contributed by atoms with van der Waals surface area (Å²) in [6.07, 6.45) is 1.08. The van der Waals surface area contributed by atoms with Gasteiger partial charge in [-0.2, -0.15) is 0 Å². The molecule has 2 aliphatic rings. The van der Waals surface area contributed by atoms with Gasteiger partial charge in [-0.1, -0.05) is 35.4 Å². The fourth-order valence-corrected chi connectivity index (χ4v) is 4.19. The highest BCUT2D eigenvalue weighted by atomic mass is 16.6. The highest BCUT2D eigenvalue weighted by Crippen LogP contribution is 2.36. The summed E-state index contributed by atoms with van der Waals surface area (Å²) in [5, 5.41) is 2.80. The van der Waals surface area contributed by atoms with Crippen LogP contribution < -0.4 is 5.32 Å². The fourth-order valence-electron chi connectivity index (χ4n) is 4.19. The van der Waals surface area contributed by atoms with Crippen LogP contribution in [0.2, 0.25) is 0 Å². The number of rotatable bonds is 6. The number of carbonyl (C=O) groups is 3. The molecule has 0 unspecified atom stereocenters. The summed E-state index contributed by atoms with van der Waals surface area (Å²) >= 11 is 0. The molecule has 0 saturated carbocycles. The van der Waals surface area contributed by atoms with Crippen molar-refractivity contribution in [1.29, 1.82) is 0 Å². The molecule has 1 saturated heterocycles. The van der Waals surface area contributed by atoms with Crippen LogP contribution in [-0.2, 0) is 14.2 Å². The molecule has 5 rings (SSSR count). The zero-order valence-electron chi connectivity index (χ0n) is 20.4. The first-order valence-corrected chi connectivity index (χ1v) is 11.9. The van der Waals surface area contributed by atoms with E-state index in [0.29, 0.717) is 16.9 Å². The van der Waals surface area contributed by atoms with E-state index in [2.05, 4.69) is 15.3 Å². The van der Waals surface area contributed by atoms with Crippen LogP contribution in [0.5, 0.6) is 0 Å². The van der Waals surface area contributed by atoms with Crippen LogP contribution in [0.1, 0.15) is 55.0 Å². The molecule has 3 heterocycles. The number of Topliss-reactive ketones (excluding diaryl/α,β-unsaturated/α-hetero) is 1. The number of imidazole rings is 1. The first-order valence-electron chi connectivity index (χ1n) is 11.9. The Labute approximate surface area is 213 Å². The van der Waals surface area contributed by atoms with E-state index in [1.807, 2.05) is 38.1 Å². The molecule has 1 N–H and O–H groups in total. The van der Waals surface area contributed by atoms with Gasteiger partial charge in [0.1, 0.15) is 25.0 Å². The van der Waals surface area contributed by atoms with Gasteiger partial charge in [-0.05, 0) is 38.1 Å². The maximum atomic E-state index is 12.9. The molecule has 2 aromatic carbocycles. The van der Waals surface area contributed by atoms with Crippen molar-refractivity contribution in [3.05, 3.63) is 82.8 Å². The topological polar surface area (TPSA) is 121 Å². The van der Waals surface area contributed by atoms with Gasteiger partial charge in [-0.25, -0.2) is 19.6 Å². The number of aliphatic imine (C=N–C) groups is 1. The lowest BCUT2D eigenvalue weighted by molar-refractivity contribution is -0.0567. The average molecular weight is 503 g/mol. The number of hydrogen-bond acceptors (Lipinski definition) is 9. The van der Waals surface area contributed by atoms with Crippen molar-refractivity contribution in [2.45, 2.75) is 38.7 Å². The number of ketones is 1. The SMILES string of the molecule is Cc1ccc(C(=O)OC[C@H]2O[C@H](n3cnc4c3N=CNCC4=O)C[C@@H]2OC(=O)c2ccc(C)cc2)cc1. The molecule has 3 atom stereocenters. The lowest BCUT2D eigenvalue weighted by atomic mass is 10.1. The van der Waals surface area contributed by atoms with Crippen LogP contribution in [0.3, 0.4) is 0 Å². The van der Waals surface area contributed by atoms with Gasteiger partial charge in [0, 0.05) is 6.42 Å². The Morgan fingerprint density at radius 1 is 1.03 bits per heavy atom. The smallest absolute Gasteiger partial charge is 0.338 e. The molecular formula is C27H26N4O6. The van der Waals surface area contributed by atoms with E-state index in [1.54, 1.807) is 28.8 Å². The van der Waals surface area contributed by atoms with Crippen molar-refractivity contribution in [2.24, 2.45) is 4.99 Å². The van der Waals surface area contributed by atoms with Crippen LogP contribution in [0.4, 0.5) is 5.82 Å². The number of hydrogen-bond donors (Lipinski definition) is 1. The van der Waals surface area contributed by atoms with Crippen LogP contribution >= 0.6 is 0 Å². The third kappa shape index (κ3) is 5.29. The van der Waals surface area contributed by atoms with E-state index >= 15 is 0 Å². The molecule has 190 valence electrons. The second-order valence-electron chi connectivity index (χ2n) is 9.03.